The Balaban J connectivity index is 2.37. The number of halogens is 1. The van der Waals surface area contributed by atoms with Crippen molar-refractivity contribution in [3.05, 3.63) is 46.9 Å². The summed E-state index contributed by atoms with van der Waals surface area (Å²) in [7, 11) is 1.82. The first-order chi connectivity index (χ1) is 8.67. The van der Waals surface area contributed by atoms with Crippen molar-refractivity contribution in [3.8, 4) is 0 Å². The molecule has 0 fully saturated rings. The predicted molar refractivity (Wildman–Crippen MR) is 69.9 cm³/mol. The van der Waals surface area contributed by atoms with Crippen LogP contribution in [0.1, 0.15) is 16.8 Å². The van der Waals surface area contributed by atoms with Crippen molar-refractivity contribution in [2.24, 2.45) is 5.73 Å². The molecule has 2 aromatic rings. The van der Waals surface area contributed by atoms with E-state index in [0.717, 1.165) is 17.1 Å². The molecule has 5 heteroatoms. The lowest BCUT2D eigenvalue weighted by Gasteiger charge is -2.08. The molecule has 0 radical (unpaired) electrons. The molecule has 4 nitrogen and oxygen atoms in total. The molecule has 2 rings (SSSR count). The molecule has 0 aliphatic heterocycles. The molecule has 18 heavy (non-hydrogen) atoms. The van der Waals surface area contributed by atoms with E-state index in [1.807, 2.05) is 20.0 Å². The first-order valence-corrected chi connectivity index (χ1v) is 5.85. The van der Waals surface area contributed by atoms with Crippen molar-refractivity contribution in [2.45, 2.75) is 20.0 Å². The predicted octanol–water partition coefficient (Wildman–Crippen LogP) is 1.88. The zero-order valence-corrected chi connectivity index (χ0v) is 10.6. The molecule has 3 N–H and O–H groups in total. The minimum Gasteiger partial charge on any atom is -0.373 e. The molecule has 0 saturated heterocycles. The maximum atomic E-state index is 13.6. The van der Waals surface area contributed by atoms with E-state index in [-0.39, 0.29) is 5.82 Å². The molecule has 0 amide bonds. The molecule has 1 aromatic carbocycles. The molecule has 0 bridgehead atoms. The third-order valence-corrected chi connectivity index (χ3v) is 3.00. The molecule has 1 aromatic heterocycles. The van der Waals surface area contributed by atoms with Crippen molar-refractivity contribution >= 4 is 5.82 Å². The van der Waals surface area contributed by atoms with Gasteiger partial charge in [-0.2, -0.15) is 5.10 Å². The lowest BCUT2D eigenvalue weighted by atomic mass is 10.2. The summed E-state index contributed by atoms with van der Waals surface area (Å²) in [5.74, 6) is 0.653. The van der Waals surface area contributed by atoms with Gasteiger partial charge in [-0.1, -0.05) is 18.2 Å². The van der Waals surface area contributed by atoms with Crippen LogP contribution in [0.5, 0.6) is 0 Å². The Morgan fingerprint density at radius 2 is 2.11 bits per heavy atom. The van der Waals surface area contributed by atoms with E-state index in [9.17, 15) is 4.39 Å². The number of benzene rings is 1. The van der Waals surface area contributed by atoms with Crippen LogP contribution in [0.15, 0.2) is 24.3 Å². The lowest BCUT2D eigenvalue weighted by Crippen LogP contribution is -2.08. The van der Waals surface area contributed by atoms with Gasteiger partial charge in [-0.05, 0) is 13.0 Å². The number of nitrogens with two attached hydrogens (primary N) is 1. The minimum absolute atomic E-state index is 0.220. The number of aromatic nitrogens is 2. The number of hydrogen-bond donors (Lipinski definition) is 2. The van der Waals surface area contributed by atoms with Crippen LogP contribution in [0.25, 0.3) is 0 Å². The third kappa shape index (κ3) is 2.22. The van der Waals surface area contributed by atoms with Crippen LogP contribution in [0, 0.1) is 12.7 Å². The molecule has 0 atom stereocenters. The lowest BCUT2D eigenvalue weighted by molar-refractivity contribution is 0.585. The van der Waals surface area contributed by atoms with E-state index >= 15 is 0 Å². The van der Waals surface area contributed by atoms with Gasteiger partial charge in [0.05, 0.1) is 12.2 Å². The maximum absolute atomic E-state index is 13.6. The Hall–Kier alpha value is -1.88. The van der Waals surface area contributed by atoms with Crippen LogP contribution in [0.3, 0.4) is 0 Å². The summed E-state index contributed by atoms with van der Waals surface area (Å²) < 4.78 is 15.4. The van der Waals surface area contributed by atoms with Crippen molar-refractivity contribution in [1.82, 2.24) is 9.78 Å². The number of rotatable bonds is 4. The highest BCUT2D eigenvalue weighted by Crippen LogP contribution is 2.20. The molecule has 96 valence electrons. The smallest absolute Gasteiger partial charge is 0.128 e. The average molecular weight is 248 g/mol. The van der Waals surface area contributed by atoms with Gasteiger partial charge in [0.1, 0.15) is 11.6 Å². The van der Waals surface area contributed by atoms with Crippen LogP contribution in [-0.2, 0) is 13.1 Å². The fourth-order valence-corrected chi connectivity index (χ4v) is 2.01. The number of anilines is 1. The van der Waals surface area contributed by atoms with Gasteiger partial charge in [-0.25, -0.2) is 9.07 Å². The second-order valence-electron chi connectivity index (χ2n) is 4.12. The largest absolute Gasteiger partial charge is 0.373 e. The van der Waals surface area contributed by atoms with Gasteiger partial charge in [0, 0.05) is 24.7 Å². The van der Waals surface area contributed by atoms with E-state index in [1.54, 1.807) is 16.8 Å². The van der Waals surface area contributed by atoms with Gasteiger partial charge < -0.3 is 11.1 Å². The van der Waals surface area contributed by atoms with Crippen LogP contribution in [0.2, 0.25) is 0 Å². The van der Waals surface area contributed by atoms with E-state index in [4.69, 9.17) is 5.73 Å². The fourth-order valence-electron chi connectivity index (χ4n) is 2.01. The van der Waals surface area contributed by atoms with Crippen LogP contribution >= 0.6 is 0 Å². The maximum Gasteiger partial charge on any atom is 0.128 e. The van der Waals surface area contributed by atoms with Crippen molar-refractivity contribution in [2.75, 3.05) is 12.4 Å². The topological polar surface area (TPSA) is 55.9 Å². The molecule has 0 spiro atoms. The van der Waals surface area contributed by atoms with E-state index in [2.05, 4.69) is 10.4 Å². The summed E-state index contributed by atoms with van der Waals surface area (Å²) in [6, 6.07) is 6.71. The van der Waals surface area contributed by atoms with Crippen molar-refractivity contribution in [3.63, 3.8) is 0 Å². The number of nitrogens with one attached hydrogen (secondary N) is 1. The summed E-state index contributed by atoms with van der Waals surface area (Å²) in [6.45, 7) is 2.73. The number of hydrogen-bond acceptors (Lipinski definition) is 3. The molecule has 0 aliphatic rings. The zero-order chi connectivity index (χ0) is 13.1. The Bertz CT molecular complexity index is 548. The summed E-state index contributed by atoms with van der Waals surface area (Å²) in [6.07, 6.45) is 0. The summed E-state index contributed by atoms with van der Waals surface area (Å²) in [4.78, 5) is 0. The minimum atomic E-state index is -0.220. The Morgan fingerprint density at radius 3 is 2.72 bits per heavy atom. The van der Waals surface area contributed by atoms with E-state index in [0.29, 0.717) is 18.7 Å². The highest BCUT2D eigenvalue weighted by molar-refractivity contribution is 5.47. The van der Waals surface area contributed by atoms with Gasteiger partial charge in [-0.15, -0.1) is 0 Å². The van der Waals surface area contributed by atoms with Crippen LogP contribution in [0.4, 0.5) is 10.2 Å². The van der Waals surface area contributed by atoms with Gasteiger partial charge in [0.25, 0.3) is 0 Å². The van der Waals surface area contributed by atoms with E-state index < -0.39 is 0 Å². The number of nitrogens with zero attached hydrogens (tertiary/aromatic N) is 2. The van der Waals surface area contributed by atoms with Crippen molar-refractivity contribution in [1.29, 1.82) is 0 Å². The molecule has 1 heterocycles. The average Bonchev–Trinajstić information content (AvgIpc) is 2.68. The standard InChI is InChI=1S/C13H17FN4/c1-9-12(7-15)17-18(13(9)16-2)8-10-5-3-4-6-11(10)14/h3-6,16H,7-8,15H2,1-2H3. The molecule has 0 aliphatic carbocycles. The fraction of sp³-hybridized carbons (Fsp3) is 0.308. The molecule has 0 unspecified atom stereocenters. The Labute approximate surface area is 106 Å². The first-order valence-electron chi connectivity index (χ1n) is 5.85. The van der Waals surface area contributed by atoms with Gasteiger partial charge in [-0.3, -0.25) is 0 Å². The SMILES string of the molecule is CNc1c(C)c(CN)nn1Cc1ccccc1F. The summed E-state index contributed by atoms with van der Waals surface area (Å²) >= 11 is 0. The van der Waals surface area contributed by atoms with Gasteiger partial charge in [0.15, 0.2) is 0 Å². The quantitative estimate of drug-likeness (QED) is 0.868. The monoisotopic (exact) mass is 248 g/mol. The van der Waals surface area contributed by atoms with Gasteiger partial charge >= 0.3 is 0 Å². The van der Waals surface area contributed by atoms with Crippen molar-refractivity contribution < 1.29 is 4.39 Å². The summed E-state index contributed by atoms with van der Waals surface area (Å²) in [5, 5.41) is 7.48. The van der Waals surface area contributed by atoms with E-state index in [1.165, 1.54) is 6.07 Å². The zero-order valence-electron chi connectivity index (χ0n) is 10.6. The second kappa shape index (κ2) is 5.18. The Morgan fingerprint density at radius 1 is 1.39 bits per heavy atom. The molecule has 0 saturated carbocycles. The normalized spacial score (nSPS) is 10.7. The molecular formula is C13H17FN4. The highest BCUT2D eigenvalue weighted by Gasteiger charge is 2.13. The third-order valence-electron chi connectivity index (χ3n) is 3.00. The first kappa shape index (κ1) is 12.6. The summed E-state index contributed by atoms with van der Waals surface area (Å²) in [5.41, 5.74) is 8.08. The highest BCUT2D eigenvalue weighted by atomic mass is 19.1. The van der Waals surface area contributed by atoms with Crippen LogP contribution < -0.4 is 11.1 Å². The molecular weight excluding hydrogens is 231 g/mol. The Kier molecular flexibility index (Phi) is 3.62. The van der Waals surface area contributed by atoms with Crippen LogP contribution in [-0.4, -0.2) is 16.8 Å². The second-order valence-corrected chi connectivity index (χ2v) is 4.12. The van der Waals surface area contributed by atoms with Gasteiger partial charge in [0.2, 0.25) is 0 Å².